The molecule has 0 aromatic heterocycles. The van der Waals surface area contributed by atoms with Gasteiger partial charge in [-0.15, -0.1) is 0 Å². The van der Waals surface area contributed by atoms with E-state index < -0.39 is 15.8 Å². The Morgan fingerprint density at radius 1 is 1.24 bits per heavy atom. The lowest BCUT2D eigenvalue weighted by Gasteiger charge is -2.11. The minimum absolute atomic E-state index is 0.0141. The van der Waals surface area contributed by atoms with E-state index in [0.29, 0.717) is 0 Å². The van der Waals surface area contributed by atoms with Crippen molar-refractivity contribution < 1.29 is 17.5 Å². The number of nitrogen functional groups attached to an aromatic ring is 1. The largest absolute Gasteiger partial charge is 0.494 e. The second kappa shape index (κ2) is 5.79. The number of hydrogen-bond donors (Lipinski definition) is 2. The topological polar surface area (TPSA) is 81.4 Å². The summed E-state index contributed by atoms with van der Waals surface area (Å²) in [7, 11) is -2.66. The Labute approximate surface area is 126 Å². The van der Waals surface area contributed by atoms with E-state index in [1.807, 2.05) is 0 Å². The average Bonchev–Trinajstić information content (AvgIpc) is 2.41. The number of methoxy groups -OCH3 is 1. The van der Waals surface area contributed by atoms with Gasteiger partial charge in [-0.25, -0.2) is 12.8 Å². The van der Waals surface area contributed by atoms with Crippen molar-refractivity contribution in [3.8, 4) is 5.75 Å². The van der Waals surface area contributed by atoms with E-state index in [9.17, 15) is 12.8 Å². The van der Waals surface area contributed by atoms with Crippen LogP contribution < -0.4 is 15.2 Å². The number of nitrogens with one attached hydrogen (secondary N) is 1. The maximum absolute atomic E-state index is 13.6. The first-order valence-electron chi connectivity index (χ1n) is 5.75. The molecule has 8 heteroatoms. The van der Waals surface area contributed by atoms with Crippen LogP contribution in [-0.4, -0.2) is 15.5 Å². The molecule has 2 aromatic rings. The molecule has 0 fully saturated rings. The molecule has 0 atom stereocenters. The molecule has 0 unspecified atom stereocenters. The SMILES string of the molecule is COc1ccc(NS(=O)(=O)c2cc(Cl)ccc2N)cc1F. The molecule has 0 heterocycles. The summed E-state index contributed by atoms with van der Waals surface area (Å²) in [5.41, 5.74) is 5.72. The van der Waals surface area contributed by atoms with Gasteiger partial charge in [-0.3, -0.25) is 4.72 Å². The summed E-state index contributed by atoms with van der Waals surface area (Å²) in [6.07, 6.45) is 0. The maximum atomic E-state index is 13.6. The Morgan fingerprint density at radius 2 is 1.95 bits per heavy atom. The van der Waals surface area contributed by atoms with Crippen molar-refractivity contribution in [3.05, 3.63) is 47.2 Å². The van der Waals surface area contributed by atoms with Crippen LogP contribution in [0.5, 0.6) is 5.75 Å². The summed E-state index contributed by atoms with van der Waals surface area (Å²) < 4.78 is 45.0. The van der Waals surface area contributed by atoms with Crippen molar-refractivity contribution in [1.82, 2.24) is 0 Å². The second-order valence-electron chi connectivity index (χ2n) is 4.14. The van der Waals surface area contributed by atoms with Gasteiger partial charge >= 0.3 is 0 Å². The first kappa shape index (κ1) is 15.4. The Bertz CT molecular complexity index is 781. The molecule has 0 radical (unpaired) electrons. The molecular formula is C13H12ClFN2O3S. The molecular weight excluding hydrogens is 319 g/mol. The van der Waals surface area contributed by atoms with E-state index in [0.717, 1.165) is 6.07 Å². The van der Waals surface area contributed by atoms with Gasteiger partial charge in [-0.05, 0) is 30.3 Å². The summed E-state index contributed by atoms with van der Waals surface area (Å²) in [6, 6.07) is 7.78. The third kappa shape index (κ3) is 3.37. The van der Waals surface area contributed by atoms with Crippen LogP contribution in [0.3, 0.4) is 0 Å². The minimum atomic E-state index is -3.97. The quantitative estimate of drug-likeness (QED) is 0.845. The lowest BCUT2D eigenvalue weighted by molar-refractivity contribution is 0.386. The van der Waals surface area contributed by atoms with Crippen molar-refractivity contribution >= 4 is 33.0 Å². The molecule has 0 saturated heterocycles. The number of hydrogen-bond acceptors (Lipinski definition) is 4. The van der Waals surface area contributed by atoms with Crippen molar-refractivity contribution in [2.75, 3.05) is 17.6 Å². The molecule has 0 spiro atoms. The number of nitrogens with two attached hydrogens (primary N) is 1. The zero-order chi connectivity index (χ0) is 15.6. The Kier molecular flexibility index (Phi) is 4.24. The summed E-state index contributed by atoms with van der Waals surface area (Å²) in [5.74, 6) is -0.669. The molecule has 0 aliphatic heterocycles. The van der Waals surface area contributed by atoms with Crippen LogP contribution in [-0.2, 0) is 10.0 Å². The molecule has 2 aromatic carbocycles. The highest BCUT2D eigenvalue weighted by Gasteiger charge is 2.18. The van der Waals surface area contributed by atoms with Crippen LogP contribution in [0.4, 0.5) is 15.8 Å². The molecule has 3 N–H and O–H groups in total. The molecule has 0 bridgehead atoms. The Morgan fingerprint density at radius 3 is 2.57 bits per heavy atom. The third-order valence-electron chi connectivity index (χ3n) is 2.67. The van der Waals surface area contributed by atoms with Crippen LogP contribution >= 0.6 is 11.6 Å². The lowest BCUT2D eigenvalue weighted by Crippen LogP contribution is -2.15. The van der Waals surface area contributed by atoms with E-state index in [2.05, 4.69) is 4.72 Å². The maximum Gasteiger partial charge on any atom is 0.263 e. The van der Waals surface area contributed by atoms with Crippen LogP contribution in [0.1, 0.15) is 0 Å². The molecule has 0 aliphatic carbocycles. The van der Waals surface area contributed by atoms with E-state index in [4.69, 9.17) is 22.1 Å². The fraction of sp³-hybridized carbons (Fsp3) is 0.0769. The molecule has 5 nitrogen and oxygen atoms in total. The van der Waals surface area contributed by atoms with Crippen LogP contribution in [0.15, 0.2) is 41.3 Å². The van der Waals surface area contributed by atoms with Gasteiger partial charge in [-0.1, -0.05) is 11.6 Å². The van der Waals surface area contributed by atoms with Gasteiger partial charge in [0.15, 0.2) is 11.6 Å². The zero-order valence-electron chi connectivity index (χ0n) is 10.9. The van der Waals surface area contributed by atoms with E-state index in [-0.39, 0.29) is 27.0 Å². The number of sulfonamides is 1. The Hall–Kier alpha value is -1.99. The predicted octanol–water partition coefficient (Wildman–Crippen LogP) is 2.87. The summed E-state index contributed by atoms with van der Waals surface area (Å²) in [6.45, 7) is 0. The van der Waals surface area contributed by atoms with Crippen LogP contribution in [0.25, 0.3) is 0 Å². The first-order valence-corrected chi connectivity index (χ1v) is 7.61. The number of rotatable bonds is 4. The summed E-state index contributed by atoms with van der Waals surface area (Å²) >= 11 is 5.77. The number of halogens is 2. The van der Waals surface area contributed by atoms with Crippen LogP contribution in [0, 0.1) is 5.82 Å². The molecule has 0 amide bonds. The average molecular weight is 331 g/mol. The van der Waals surface area contributed by atoms with Gasteiger partial charge in [0.05, 0.1) is 18.5 Å². The molecule has 2 rings (SSSR count). The molecule has 21 heavy (non-hydrogen) atoms. The monoisotopic (exact) mass is 330 g/mol. The van der Waals surface area contributed by atoms with E-state index in [1.54, 1.807) is 0 Å². The number of ether oxygens (including phenoxy) is 1. The smallest absolute Gasteiger partial charge is 0.263 e. The van der Waals surface area contributed by atoms with Crippen molar-refractivity contribution in [1.29, 1.82) is 0 Å². The highest BCUT2D eigenvalue weighted by atomic mass is 35.5. The summed E-state index contributed by atoms with van der Waals surface area (Å²) in [4.78, 5) is -0.175. The van der Waals surface area contributed by atoms with Crippen LogP contribution in [0.2, 0.25) is 5.02 Å². The van der Waals surface area contributed by atoms with E-state index >= 15 is 0 Å². The fourth-order valence-electron chi connectivity index (χ4n) is 1.68. The molecule has 112 valence electrons. The van der Waals surface area contributed by atoms with Gasteiger partial charge in [0, 0.05) is 11.1 Å². The predicted molar refractivity (Wildman–Crippen MR) is 79.6 cm³/mol. The van der Waals surface area contributed by atoms with Crippen molar-refractivity contribution in [2.45, 2.75) is 4.90 Å². The third-order valence-corrected chi connectivity index (χ3v) is 4.34. The second-order valence-corrected chi connectivity index (χ2v) is 6.22. The first-order chi connectivity index (χ1) is 9.83. The number of benzene rings is 2. The Balaban J connectivity index is 2.37. The fourth-order valence-corrected chi connectivity index (χ4v) is 3.13. The normalized spacial score (nSPS) is 11.2. The zero-order valence-corrected chi connectivity index (χ0v) is 12.5. The summed E-state index contributed by atoms with van der Waals surface area (Å²) in [5, 5.41) is 0.227. The number of anilines is 2. The highest BCUT2D eigenvalue weighted by Crippen LogP contribution is 2.26. The van der Waals surface area contributed by atoms with Crippen molar-refractivity contribution in [3.63, 3.8) is 0 Å². The van der Waals surface area contributed by atoms with Gasteiger partial charge in [0.2, 0.25) is 0 Å². The minimum Gasteiger partial charge on any atom is -0.494 e. The lowest BCUT2D eigenvalue weighted by atomic mass is 10.3. The van der Waals surface area contributed by atoms with E-state index in [1.165, 1.54) is 37.4 Å². The van der Waals surface area contributed by atoms with Gasteiger partial charge in [0.1, 0.15) is 4.90 Å². The van der Waals surface area contributed by atoms with Gasteiger partial charge in [0.25, 0.3) is 10.0 Å². The molecule has 0 saturated carbocycles. The van der Waals surface area contributed by atoms with Gasteiger partial charge < -0.3 is 10.5 Å². The molecule has 0 aliphatic rings. The van der Waals surface area contributed by atoms with Gasteiger partial charge in [-0.2, -0.15) is 0 Å². The highest BCUT2D eigenvalue weighted by molar-refractivity contribution is 7.92. The van der Waals surface area contributed by atoms with Crippen molar-refractivity contribution in [2.24, 2.45) is 0 Å². The standard InChI is InChI=1S/C13H12ClFN2O3S/c1-20-12-5-3-9(7-10(12)15)17-21(18,19)13-6-8(14)2-4-11(13)16/h2-7,17H,16H2,1H3.